The monoisotopic (exact) mass is 482 g/mol. The first kappa shape index (κ1) is 22.0. The summed E-state index contributed by atoms with van der Waals surface area (Å²) < 4.78 is 34.2. The Morgan fingerprint density at radius 3 is 2.29 bits per heavy atom. The molecule has 7 rings (SSSR count). The highest BCUT2D eigenvalue weighted by atomic mass is 19.3. The van der Waals surface area contributed by atoms with Crippen molar-refractivity contribution >= 4 is 18.0 Å². The largest absolute Gasteiger partial charge is 0.481 e. The molecule has 2 saturated carbocycles. The predicted molar refractivity (Wildman–Crippen MR) is 120 cm³/mol. The molecular formula is C26H24F2N2O5. The summed E-state index contributed by atoms with van der Waals surface area (Å²) in [5, 5.41) is 11.6. The Kier molecular flexibility index (Phi) is 4.88. The van der Waals surface area contributed by atoms with Crippen LogP contribution in [0.1, 0.15) is 23.5 Å². The number of carboxylic acid groups (broad SMARTS) is 1. The second-order valence-electron chi connectivity index (χ2n) is 9.88. The average molecular weight is 482 g/mol. The van der Waals surface area contributed by atoms with Crippen LogP contribution in [0.25, 0.3) is 11.1 Å². The maximum atomic E-state index is 14.4. The van der Waals surface area contributed by atoms with Crippen LogP contribution in [0, 0.1) is 23.7 Å². The van der Waals surface area contributed by atoms with Crippen LogP contribution in [-0.4, -0.2) is 59.6 Å². The Hall–Kier alpha value is -3.49. The summed E-state index contributed by atoms with van der Waals surface area (Å²) >= 11 is 0. The van der Waals surface area contributed by atoms with Gasteiger partial charge in [0.25, 0.3) is 5.92 Å². The molecule has 2 bridgehead atoms. The Morgan fingerprint density at radius 2 is 1.69 bits per heavy atom. The Morgan fingerprint density at radius 1 is 1.06 bits per heavy atom. The van der Waals surface area contributed by atoms with Crippen LogP contribution in [0.2, 0.25) is 0 Å². The normalized spacial score (nSPS) is 29.1. The number of alkyl carbamates (subject to hydrolysis) is 1. The maximum absolute atomic E-state index is 14.4. The number of amides is 2. The zero-order valence-corrected chi connectivity index (χ0v) is 18.7. The van der Waals surface area contributed by atoms with E-state index in [0.717, 1.165) is 22.3 Å². The highest BCUT2D eigenvalue weighted by molar-refractivity contribution is 5.86. The second-order valence-corrected chi connectivity index (χ2v) is 9.88. The lowest BCUT2D eigenvalue weighted by molar-refractivity contribution is -0.148. The molecule has 2 aromatic rings. The molecule has 2 aromatic carbocycles. The molecule has 182 valence electrons. The van der Waals surface area contributed by atoms with E-state index in [1.54, 1.807) is 0 Å². The topological polar surface area (TPSA) is 95.9 Å². The third-order valence-electron chi connectivity index (χ3n) is 8.14. The number of carboxylic acids is 1. The number of nitrogens with one attached hydrogen (secondary N) is 1. The molecule has 2 aliphatic heterocycles. The van der Waals surface area contributed by atoms with Crippen molar-refractivity contribution in [3.63, 3.8) is 0 Å². The Labute approximate surface area is 200 Å². The summed E-state index contributed by atoms with van der Waals surface area (Å²) in [7, 11) is 0. The average Bonchev–Trinajstić information content (AvgIpc) is 3.24. The van der Waals surface area contributed by atoms with Gasteiger partial charge in [0.1, 0.15) is 12.5 Å². The van der Waals surface area contributed by atoms with Crippen molar-refractivity contribution in [2.45, 2.75) is 24.3 Å². The van der Waals surface area contributed by atoms with Gasteiger partial charge in [0.05, 0.1) is 11.8 Å². The number of benzene rings is 2. The summed E-state index contributed by atoms with van der Waals surface area (Å²) in [4.78, 5) is 37.7. The number of hydrogen-bond donors (Lipinski definition) is 2. The van der Waals surface area contributed by atoms with E-state index in [0.29, 0.717) is 6.42 Å². The highest BCUT2D eigenvalue weighted by Gasteiger charge is 2.74. The number of carbonyl (C=O) groups excluding carboxylic acids is 2. The van der Waals surface area contributed by atoms with Crippen LogP contribution in [0.3, 0.4) is 0 Å². The molecule has 2 saturated heterocycles. The summed E-state index contributed by atoms with van der Waals surface area (Å²) in [6, 6.07) is 15.3. The number of halogens is 2. The molecule has 0 radical (unpaired) electrons. The second kappa shape index (κ2) is 7.76. The molecule has 3 aliphatic carbocycles. The lowest BCUT2D eigenvalue weighted by Gasteiger charge is -2.33. The molecule has 5 atom stereocenters. The Balaban J connectivity index is 1.05. The minimum Gasteiger partial charge on any atom is -0.481 e. The molecule has 2 heterocycles. The van der Waals surface area contributed by atoms with Gasteiger partial charge in [-0.3, -0.25) is 9.59 Å². The summed E-state index contributed by atoms with van der Waals surface area (Å²) in [6.07, 6.45) is -0.265. The number of nitrogens with zero attached hydrogens (tertiary/aromatic N) is 1. The van der Waals surface area contributed by atoms with Crippen LogP contribution in [0.5, 0.6) is 0 Å². The molecule has 2 N–H and O–H groups in total. The van der Waals surface area contributed by atoms with Gasteiger partial charge in [-0.05, 0) is 34.6 Å². The minimum absolute atomic E-state index is 0.0662. The number of hydrogen-bond acceptors (Lipinski definition) is 4. The number of alkyl halides is 2. The van der Waals surface area contributed by atoms with Crippen LogP contribution < -0.4 is 5.32 Å². The van der Waals surface area contributed by atoms with Gasteiger partial charge >= 0.3 is 12.1 Å². The quantitative estimate of drug-likeness (QED) is 0.659. The van der Waals surface area contributed by atoms with E-state index in [1.807, 2.05) is 48.5 Å². The Bertz CT molecular complexity index is 1190. The molecular weight excluding hydrogens is 458 g/mol. The van der Waals surface area contributed by atoms with Gasteiger partial charge < -0.3 is 20.1 Å². The van der Waals surface area contributed by atoms with Gasteiger partial charge in [-0.1, -0.05) is 48.5 Å². The molecule has 5 aliphatic rings. The highest BCUT2D eigenvalue weighted by Crippen LogP contribution is 2.58. The van der Waals surface area contributed by atoms with Crippen molar-refractivity contribution in [3.8, 4) is 11.1 Å². The number of fused-ring (bicyclic) bond motifs is 4. The van der Waals surface area contributed by atoms with Gasteiger partial charge in [-0.2, -0.15) is 0 Å². The van der Waals surface area contributed by atoms with Crippen molar-refractivity contribution in [2.75, 3.05) is 19.7 Å². The van der Waals surface area contributed by atoms with E-state index in [2.05, 4.69) is 5.32 Å². The fraction of sp³-hybridized carbons (Fsp3) is 0.423. The van der Waals surface area contributed by atoms with E-state index >= 15 is 0 Å². The van der Waals surface area contributed by atoms with Crippen molar-refractivity contribution in [3.05, 3.63) is 59.7 Å². The van der Waals surface area contributed by atoms with E-state index < -0.39 is 47.7 Å². The van der Waals surface area contributed by atoms with Gasteiger partial charge in [-0.25, -0.2) is 13.6 Å². The lowest BCUT2D eigenvalue weighted by Crippen LogP contribution is -2.45. The van der Waals surface area contributed by atoms with Gasteiger partial charge in [0.2, 0.25) is 5.91 Å². The molecule has 2 amide bonds. The van der Waals surface area contributed by atoms with Crippen molar-refractivity contribution < 1.29 is 33.0 Å². The summed E-state index contributed by atoms with van der Waals surface area (Å²) in [5.41, 5.74) is 4.26. The van der Waals surface area contributed by atoms with Crippen molar-refractivity contribution in [2.24, 2.45) is 23.7 Å². The maximum Gasteiger partial charge on any atom is 0.407 e. The van der Waals surface area contributed by atoms with Crippen molar-refractivity contribution in [1.82, 2.24) is 10.2 Å². The molecule has 9 heteroatoms. The predicted octanol–water partition coefficient (Wildman–Crippen LogP) is 3.34. The zero-order chi connectivity index (χ0) is 24.5. The molecule has 5 unspecified atom stereocenters. The fourth-order valence-corrected chi connectivity index (χ4v) is 6.24. The van der Waals surface area contributed by atoms with Crippen LogP contribution >= 0.6 is 0 Å². The number of rotatable bonds is 6. The zero-order valence-electron chi connectivity index (χ0n) is 18.7. The number of ether oxygens (including phenoxy) is 1. The SMILES string of the molecule is O=C(NCC1C(C(=O)N2CC3CC2C3C(=O)O)C1(F)F)OCC1c2ccccc2-c2ccccc21. The first-order valence-corrected chi connectivity index (χ1v) is 11.8. The molecule has 7 nitrogen and oxygen atoms in total. The summed E-state index contributed by atoms with van der Waals surface area (Å²) in [5.74, 6) is -8.77. The summed E-state index contributed by atoms with van der Waals surface area (Å²) in [6.45, 7) is -0.110. The first-order valence-electron chi connectivity index (χ1n) is 11.8. The first-order chi connectivity index (χ1) is 16.8. The minimum atomic E-state index is -3.24. The van der Waals surface area contributed by atoms with Gasteiger partial charge in [-0.15, -0.1) is 0 Å². The molecule has 0 aromatic heterocycles. The van der Waals surface area contributed by atoms with Crippen LogP contribution in [0.15, 0.2) is 48.5 Å². The van der Waals surface area contributed by atoms with Crippen molar-refractivity contribution in [1.29, 1.82) is 0 Å². The third kappa shape index (κ3) is 3.31. The van der Waals surface area contributed by atoms with Gasteiger partial charge in [0, 0.05) is 25.0 Å². The van der Waals surface area contributed by atoms with Crippen LogP contribution in [-0.2, 0) is 14.3 Å². The number of aliphatic carboxylic acids is 1. The third-order valence-corrected chi connectivity index (χ3v) is 8.14. The van der Waals surface area contributed by atoms with E-state index in [1.165, 1.54) is 4.90 Å². The molecule has 35 heavy (non-hydrogen) atoms. The van der Waals surface area contributed by atoms with E-state index in [-0.39, 0.29) is 31.5 Å². The van der Waals surface area contributed by atoms with Crippen LogP contribution in [0.4, 0.5) is 13.6 Å². The standard InChI is InChI=1S/C26H24F2N2O5/c27-26(28)19(22(26)23(31)30-11-13-9-20(30)21(13)24(32)33)10-29-25(34)35-12-18-16-7-3-1-5-14(16)15-6-2-4-8-17(15)18/h1-8,13,18-22H,9-12H2,(H,29,34)(H,32,33). The number of carbonyl (C=O) groups is 3. The van der Waals surface area contributed by atoms with Gasteiger partial charge in [0.15, 0.2) is 0 Å². The van der Waals surface area contributed by atoms with E-state index in [4.69, 9.17) is 4.74 Å². The molecule has 0 spiro atoms. The lowest BCUT2D eigenvalue weighted by atomic mass is 9.74. The smallest absolute Gasteiger partial charge is 0.407 e. The fourth-order valence-electron chi connectivity index (χ4n) is 6.24. The molecule has 4 fully saturated rings. The van der Waals surface area contributed by atoms with E-state index in [9.17, 15) is 28.3 Å².